The van der Waals surface area contributed by atoms with Crippen LogP contribution >= 0.6 is 11.3 Å². The van der Waals surface area contributed by atoms with E-state index in [0.29, 0.717) is 4.70 Å². The van der Waals surface area contributed by atoms with E-state index in [1.165, 1.54) is 11.3 Å². The van der Waals surface area contributed by atoms with Crippen LogP contribution in [-0.4, -0.2) is 10.1 Å². The first-order valence-corrected chi connectivity index (χ1v) is 7.35. The summed E-state index contributed by atoms with van der Waals surface area (Å²) in [6, 6.07) is 15.7. The number of benzene rings is 2. The van der Waals surface area contributed by atoms with Crippen LogP contribution in [-0.2, 0) is 0 Å². The van der Waals surface area contributed by atoms with Crippen molar-refractivity contribution in [3.8, 4) is 16.9 Å². The van der Waals surface area contributed by atoms with E-state index in [2.05, 4.69) is 11.1 Å². The van der Waals surface area contributed by atoms with Gasteiger partial charge in [0.15, 0.2) is 0 Å². The second-order valence-corrected chi connectivity index (χ2v) is 5.70. The maximum Gasteiger partial charge on any atom is 0.266 e. The van der Waals surface area contributed by atoms with Crippen LogP contribution in [0.2, 0.25) is 0 Å². The van der Waals surface area contributed by atoms with Gasteiger partial charge in [-0.05, 0) is 35.2 Å². The van der Waals surface area contributed by atoms with Crippen LogP contribution in [0, 0.1) is 6.07 Å². The molecule has 0 unspecified atom stereocenters. The van der Waals surface area contributed by atoms with E-state index in [1.54, 1.807) is 12.1 Å². The molecule has 4 rings (SSSR count). The van der Waals surface area contributed by atoms with Gasteiger partial charge in [0.05, 0.1) is 0 Å². The van der Waals surface area contributed by atoms with Gasteiger partial charge in [-0.1, -0.05) is 24.3 Å². The highest BCUT2D eigenvalue weighted by atomic mass is 32.1. The van der Waals surface area contributed by atoms with Crippen molar-refractivity contribution < 1.29 is 5.11 Å². The maximum atomic E-state index is 12.1. The molecule has 4 aromatic rings. The zero-order chi connectivity index (χ0) is 14.4. The SMILES string of the molecule is O=c1[nH]c2ccc(O)c(-c3cc[c]cc3)c2c2ccsc12. The third-order valence-electron chi connectivity index (χ3n) is 3.58. The molecule has 0 saturated heterocycles. The molecular formula is C17H10NO2S. The number of rotatable bonds is 1. The first-order valence-electron chi connectivity index (χ1n) is 6.47. The Bertz CT molecular complexity index is 1020. The highest BCUT2D eigenvalue weighted by molar-refractivity contribution is 7.17. The van der Waals surface area contributed by atoms with Gasteiger partial charge in [-0.2, -0.15) is 0 Å². The van der Waals surface area contributed by atoms with Gasteiger partial charge in [0, 0.05) is 21.9 Å². The molecule has 0 fully saturated rings. The van der Waals surface area contributed by atoms with Gasteiger partial charge in [-0.3, -0.25) is 4.79 Å². The summed E-state index contributed by atoms with van der Waals surface area (Å²) in [6.45, 7) is 0. The lowest BCUT2D eigenvalue weighted by molar-refractivity contribution is 0.478. The fourth-order valence-electron chi connectivity index (χ4n) is 2.68. The summed E-state index contributed by atoms with van der Waals surface area (Å²) in [5.41, 5.74) is 2.27. The van der Waals surface area contributed by atoms with Gasteiger partial charge >= 0.3 is 0 Å². The molecule has 0 aliphatic heterocycles. The average molecular weight is 292 g/mol. The fourth-order valence-corrected chi connectivity index (χ4v) is 3.48. The predicted octanol–water partition coefficient (Wildman–Crippen LogP) is 3.92. The maximum absolute atomic E-state index is 12.1. The molecule has 0 bridgehead atoms. The largest absolute Gasteiger partial charge is 0.507 e. The number of fused-ring (bicyclic) bond motifs is 3. The Labute approximate surface area is 124 Å². The minimum absolute atomic E-state index is 0.0921. The molecule has 2 aromatic carbocycles. The summed E-state index contributed by atoms with van der Waals surface area (Å²) in [5, 5.41) is 14.0. The predicted molar refractivity (Wildman–Crippen MR) is 85.9 cm³/mol. The summed E-state index contributed by atoms with van der Waals surface area (Å²) in [5.74, 6) is 0.202. The molecule has 0 amide bonds. The van der Waals surface area contributed by atoms with E-state index in [0.717, 1.165) is 27.4 Å². The Kier molecular flexibility index (Phi) is 2.59. The molecule has 4 heteroatoms. The molecule has 0 aliphatic rings. The van der Waals surface area contributed by atoms with E-state index in [-0.39, 0.29) is 11.3 Å². The standard InChI is InChI=1S/C17H10NO2S/c19-13-7-6-12-15(14(13)10-4-2-1-3-5-10)11-8-9-21-16(11)17(20)18-12/h2-9,19H,(H,18,20). The number of nitrogens with one attached hydrogen (secondary N) is 1. The van der Waals surface area contributed by atoms with Crippen molar-refractivity contribution in [2.45, 2.75) is 0 Å². The summed E-state index contributed by atoms with van der Waals surface area (Å²) in [4.78, 5) is 15.0. The number of thiophene rings is 1. The third-order valence-corrected chi connectivity index (χ3v) is 4.49. The quantitative estimate of drug-likeness (QED) is 0.559. The van der Waals surface area contributed by atoms with Crippen LogP contribution in [0.4, 0.5) is 0 Å². The molecule has 101 valence electrons. The number of phenolic OH excluding ortho intramolecular Hbond substituents is 1. The van der Waals surface area contributed by atoms with E-state index in [1.807, 2.05) is 35.7 Å². The number of H-pyrrole nitrogens is 1. The summed E-state index contributed by atoms with van der Waals surface area (Å²) in [6.07, 6.45) is 0. The Morgan fingerprint density at radius 2 is 1.90 bits per heavy atom. The van der Waals surface area contributed by atoms with Crippen molar-refractivity contribution >= 4 is 32.3 Å². The Balaban J connectivity index is 2.27. The van der Waals surface area contributed by atoms with Crippen LogP contribution < -0.4 is 5.56 Å². The van der Waals surface area contributed by atoms with Crippen molar-refractivity contribution in [2.24, 2.45) is 0 Å². The molecule has 21 heavy (non-hydrogen) atoms. The molecule has 0 atom stereocenters. The number of aromatic nitrogens is 1. The lowest BCUT2D eigenvalue weighted by Gasteiger charge is -2.10. The van der Waals surface area contributed by atoms with Crippen LogP contribution in [0.3, 0.4) is 0 Å². The molecule has 2 aromatic heterocycles. The van der Waals surface area contributed by atoms with E-state index >= 15 is 0 Å². The van der Waals surface area contributed by atoms with Crippen molar-refractivity contribution in [3.63, 3.8) is 0 Å². The van der Waals surface area contributed by atoms with Crippen LogP contribution in [0.15, 0.2) is 52.6 Å². The van der Waals surface area contributed by atoms with Gasteiger partial charge in [-0.25, -0.2) is 0 Å². The number of pyridine rings is 1. The molecule has 3 nitrogen and oxygen atoms in total. The highest BCUT2D eigenvalue weighted by Gasteiger charge is 2.14. The van der Waals surface area contributed by atoms with Gasteiger partial charge in [0.2, 0.25) is 0 Å². The smallest absolute Gasteiger partial charge is 0.266 e. The molecular weight excluding hydrogens is 282 g/mol. The summed E-state index contributed by atoms with van der Waals surface area (Å²) in [7, 11) is 0. The molecule has 1 radical (unpaired) electrons. The average Bonchev–Trinajstić information content (AvgIpc) is 2.99. The van der Waals surface area contributed by atoms with Crippen molar-refractivity contribution in [3.05, 3.63) is 64.3 Å². The third kappa shape index (κ3) is 1.76. The molecule has 0 aliphatic carbocycles. The fraction of sp³-hybridized carbons (Fsp3) is 0. The lowest BCUT2D eigenvalue weighted by Crippen LogP contribution is -2.04. The van der Waals surface area contributed by atoms with Crippen molar-refractivity contribution in [1.82, 2.24) is 4.98 Å². The molecule has 0 spiro atoms. The first kappa shape index (κ1) is 12.2. The molecule has 2 N–H and O–H groups in total. The highest BCUT2D eigenvalue weighted by Crippen LogP contribution is 2.39. The summed E-state index contributed by atoms with van der Waals surface area (Å²) >= 11 is 1.41. The Morgan fingerprint density at radius 1 is 1.10 bits per heavy atom. The Hall–Kier alpha value is -2.59. The van der Waals surface area contributed by atoms with Crippen LogP contribution in [0.1, 0.15) is 0 Å². The zero-order valence-corrected chi connectivity index (χ0v) is 11.7. The van der Waals surface area contributed by atoms with E-state index in [4.69, 9.17) is 0 Å². The number of hydrogen-bond donors (Lipinski definition) is 2. The van der Waals surface area contributed by atoms with E-state index < -0.39 is 0 Å². The minimum Gasteiger partial charge on any atom is -0.507 e. The minimum atomic E-state index is -0.0921. The second-order valence-electron chi connectivity index (χ2n) is 4.79. The second kappa shape index (κ2) is 4.46. The van der Waals surface area contributed by atoms with Gasteiger partial charge in [-0.15, -0.1) is 11.3 Å². The van der Waals surface area contributed by atoms with Gasteiger partial charge in [0.25, 0.3) is 5.56 Å². The summed E-state index contributed by atoms with van der Waals surface area (Å²) < 4.78 is 0.678. The van der Waals surface area contributed by atoms with Crippen molar-refractivity contribution in [2.75, 3.05) is 0 Å². The van der Waals surface area contributed by atoms with Crippen LogP contribution in [0.5, 0.6) is 5.75 Å². The normalized spacial score (nSPS) is 11.2. The van der Waals surface area contributed by atoms with E-state index in [9.17, 15) is 9.90 Å². The van der Waals surface area contributed by atoms with Crippen molar-refractivity contribution in [1.29, 1.82) is 0 Å². The van der Waals surface area contributed by atoms with Gasteiger partial charge < -0.3 is 10.1 Å². The Morgan fingerprint density at radius 3 is 2.71 bits per heavy atom. The number of hydrogen-bond acceptors (Lipinski definition) is 3. The number of aromatic amines is 1. The van der Waals surface area contributed by atoms with Crippen LogP contribution in [0.25, 0.3) is 32.1 Å². The number of aromatic hydroxyl groups is 1. The lowest BCUT2D eigenvalue weighted by atomic mass is 9.97. The monoisotopic (exact) mass is 292 g/mol. The molecule has 2 heterocycles. The first-order chi connectivity index (χ1) is 10.3. The zero-order valence-electron chi connectivity index (χ0n) is 10.9. The number of phenols is 1. The van der Waals surface area contributed by atoms with Gasteiger partial charge in [0.1, 0.15) is 10.4 Å². The molecule has 0 saturated carbocycles. The topological polar surface area (TPSA) is 53.1 Å².